The van der Waals surface area contributed by atoms with E-state index in [1.165, 1.54) is 0 Å². The Bertz CT molecular complexity index is 520. The van der Waals surface area contributed by atoms with Crippen LogP contribution in [-0.2, 0) is 11.4 Å². The van der Waals surface area contributed by atoms with Crippen molar-refractivity contribution in [3.8, 4) is 11.5 Å². The summed E-state index contributed by atoms with van der Waals surface area (Å²) >= 11 is 0. The van der Waals surface area contributed by atoms with Gasteiger partial charge in [0.25, 0.3) is 0 Å². The Hall–Kier alpha value is -1.78. The van der Waals surface area contributed by atoms with Crippen LogP contribution in [0.4, 0.5) is 0 Å². The smallest absolute Gasteiger partial charge is 0.125 e. The van der Waals surface area contributed by atoms with Gasteiger partial charge in [-0.2, -0.15) is 0 Å². The van der Waals surface area contributed by atoms with Crippen molar-refractivity contribution in [2.24, 2.45) is 5.90 Å². The fraction of sp³-hybridized carbons (Fsp3) is 0.231. The quantitative estimate of drug-likeness (QED) is 0.823. The van der Waals surface area contributed by atoms with Crippen molar-refractivity contribution in [2.75, 3.05) is 14.2 Å². The Morgan fingerprint density at radius 2 is 1.82 bits per heavy atom. The second-order valence-electron chi connectivity index (χ2n) is 3.64. The number of rotatable bonds is 4. The van der Waals surface area contributed by atoms with Crippen LogP contribution in [0.15, 0.2) is 30.3 Å². The molecule has 2 rings (SSSR count). The molecule has 2 aromatic carbocycles. The lowest BCUT2D eigenvalue weighted by Gasteiger charge is -2.12. The molecule has 90 valence electrons. The van der Waals surface area contributed by atoms with Crippen LogP contribution in [0.1, 0.15) is 5.56 Å². The molecule has 2 aromatic rings. The van der Waals surface area contributed by atoms with Crippen molar-refractivity contribution in [2.45, 2.75) is 6.61 Å². The number of ether oxygens (including phenoxy) is 2. The van der Waals surface area contributed by atoms with Crippen LogP contribution >= 0.6 is 0 Å². The summed E-state index contributed by atoms with van der Waals surface area (Å²) in [5, 5.41) is 2.12. The Labute approximate surface area is 99.8 Å². The number of fused-ring (bicyclic) bond motifs is 1. The zero-order chi connectivity index (χ0) is 12.3. The lowest BCUT2D eigenvalue weighted by Crippen LogP contribution is -2.02. The first kappa shape index (κ1) is 11.7. The average Bonchev–Trinajstić information content (AvgIpc) is 2.39. The van der Waals surface area contributed by atoms with E-state index in [9.17, 15) is 0 Å². The molecule has 0 bridgehead atoms. The second-order valence-corrected chi connectivity index (χ2v) is 3.64. The van der Waals surface area contributed by atoms with Gasteiger partial charge in [-0.3, -0.25) is 4.84 Å². The predicted molar refractivity (Wildman–Crippen MR) is 66.0 cm³/mol. The first-order valence-corrected chi connectivity index (χ1v) is 5.25. The largest absolute Gasteiger partial charge is 0.497 e. The van der Waals surface area contributed by atoms with E-state index in [2.05, 4.69) is 0 Å². The van der Waals surface area contributed by atoms with Gasteiger partial charge in [-0.15, -0.1) is 0 Å². The van der Waals surface area contributed by atoms with Crippen LogP contribution in [0.2, 0.25) is 0 Å². The minimum Gasteiger partial charge on any atom is -0.497 e. The standard InChI is InChI=1S/C13H15NO3/c1-15-10-5-3-9-4-6-13(16-2)12(8-17-14)11(9)7-10/h3-7H,8,14H2,1-2H3. The minimum atomic E-state index is 0.299. The molecule has 0 unspecified atom stereocenters. The molecule has 0 saturated carbocycles. The molecular weight excluding hydrogens is 218 g/mol. The van der Waals surface area contributed by atoms with Crippen LogP contribution in [0.3, 0.4) is 0 Å². The number of hydrogen-bond donors (Lipinski definition) is 1. The molecule has 0 aliphatic rings. The molecule has 0 heterocycles. The van der Waals surface area contributed by atoms with Gasteiger partial charge in [-0.1, -0.05) is 12.1 Å². The lowest BCUT2D eigenvalue weighted by molar-refractivity contribution is 0.123. The van der Waals surface area contributed by atoms with E-state index in [0.29, 0.717) is 6.61 Å². The van der Waals surface area contributed by atoms with E-state index >= 15 is 0 Å². The topological polar surface area (TPSA) is 53.7 Å². The molecule has 0 fully saturated rings. The summed E-state index contributed by atoms with van der Waals surface area (Å²) < 4.78 is 10.5. The molecule has 2 N–H and O–H groups in total. The average molecular weight is 233 g/mol. The van der Waals surface area contributed by atoms with Crippen LogP contribution in [0, 0.1) is 0 Å². The van der Waals surface area contributed by atoms with Crippen molar-refractivity contribution in [3.05, 3.63) is 35.9 Å². The summed E-state index contributed by atoms with van der Waals surface area (Å²) in [6.45, 7) is 0.299. The highest BCUT2D eigenvalue weighted by molar-refractivity contribution is 5.89. The highest BCUT2D eigenvalue weighted by Gasteiger charge is 2.09. The van der Waals surface area contributed by atoms with E-state index in [0.717, 1.165) is 27.8 Å². The van der Waals surface area contributed by atoms with E-state index in [1.807, 2.05) is 30.3 Å². The summed E-state index contributed by atoms with van der Waals surface area (Å²) in [6.07, 6.45) is 0. The fourth-order valence-corrected chi connectivity index (χ4v) is 1.89. The van der Waals surface area contributed by atoms with Crippen LogP contribution in [0.5, 0.6) is 11.5 Å². The van der Waals surface area contributed by atoms with Crippen molar-refractivity contribution in [1.29, 1.82) is 0 Å². The summed E-state index contributed by atoms with van der Waals surface area (Å²) in [4.78, 5) is 4.73. The number of nitrogens with two attached hydrogens (primary N) is 1. The maximum absolute atomic E-state index is 5.30. The predicted octanol–water partition coefficient (Wildman–Crippen LogP) is 2.25. The monoisotopic (exact) mass is 233 g/mol. The zero-order valence-corrected chi connectivity index (χ0v) is 9.90. The third-order valence-electron chi connectivity index (χ3n) is 2.74. The van der Waals surface area contributed by atoms with E-state index in [4.69, 9.17) is 20.2 Å². The highest BCUT2D eigenvalue weighted by Crippen LogP contribution is 2.30. The maximum Gasteiger partial charge on any atom is 0.125 e. The SMILES string of the molecule is COc1ccc2ccc(OC)c(CON)c2c1. The molecule has 0 atom stereocenters. The summed E-state index contributed by atoms with van der Waals surface area (Å²) in [5.41, 5.74) is 0.923. The third kappa shape index (κ3) is 2.18. The second kappa shape index (κ2) is 5.03. The molecule has 0 spiro atoms. The van der Waals surface area contributed by atoms with Crippen molar-refractivity contribution < 1.29 is 14.3 Å². The lowest BCUT2D eigenvalue weighted by atomic mass is 10.0. The number of hydrogen-bond acceptors (Lipinski definition) is 4. The third-order valence-corrected chi connectivity index (χ3v) is 2.74. The van der Waals surface area contributed by atoms with Crippen LogP contribution in [-0.4, -0.2) is 14.2 Å². The first-order valence-electron chi connectivity index (χ1n) is 5.25. The van der Waals surface area contributed by atoms with Gasteiger partial charge in [0.2, 0.25) is 0 Å². The van der Waals surface area contributed by atoms with E-state index in [-0.39, 0.29) is 0 Å². The molecule has 4 heteroatoms. The van der Waals surface area contributed by atoms with Crippen molar-refractivity contribution in [1.82, 2.24) is 0 Å². The van der Waals surface area contributed by atoms with Gasteiger partial charge in [0.1, 0.15) is 11.5 Å². The van der Waals surface area contributed by atoms with Crippen molar-refractivity contribution >= 4 is 10.8 Å². The van der Waals surface area contributed by atoms with Crippen LogP contribution in [0.25, 0.3) is 10.8 Å². The van der Waals surface area contributed by atoms with Gasteiger partial charge >= 0.3 is 0 Å². The Kier molecular flexibility index (Phi) is 3.46. The molecule has 4 nitrogen and oxygen atoms in total. The molecule has 0 saturated heterocycles. The Balaban J connectivity index is 2.67. The summed E-state index contributed by atoms with van der Waals surface area (Å²) in [5.74, 6) is 6.71. The minimum absolute atomic E-state index is 0.299. The molecule has 17 heavy (non-hydrogen) atoms. The normalized spacial score (nSPS) is 10.5. The highest BCUT2D eigenvalue weighted by atomic mass is 16.6. The summed E-state index contributed by atoms with van der Waals surface area (Å²) in [6, 6.07) is 9.76. The zero-order valence-electron chi connectivity index (χ0n) is 9.90. The van der Waals surface area contributed by atoms with Gasteiger partial charge in [-0.05, 0) is 29.0 Å². The van der Waals surface area contributed by atoms with E-state index < -0.39 is 0 Å². The van der Waals surface area contributed by atoms with Gasteiger partial charge in [-0.25, -0.2) is 5.90 Å². The van der Waals surface area contributed by atoms with Crippen molar-refractivity contribution in [3.63, 3.8) is 0 Å². The first-order chi connectivity index (χ1) is 8.30. The fourth-order valence-electron chi connectivity index (χ4n) is 1.89. The van der Waals surface area contributed by atoms with Gasteiger partial charge in [0, 0.05) is 5.56 Å². The maximum atomic E-state index is 5.30. The molecule has 0 radical (unpaired) electrons. The Morgan fingerprint density at radius 3 is 2.47 bits per heavy atom. The summed E-state index contributed by atoms with van der Waals surface area (Å²) in [7, 11) is 3.27. The van der Waals surface area contributed by atoms with Gasteiger partial charge in [0.05, 0.1) is 20.8 Å². The molecule has 0 aliphatic heterocycles. The Morgan fingerprint density at radius 1 is 1.06 bits per heavy atom. The molecular formula is C13H15NO3. The van der Waals surface area contributed by atoms with E-state index in [1.54, 1.807) is 14.2 Å². The number of methoxy groups -OCH3 is 2. The molecule has 0 aromatic heterocycles. The van der Waals surface area contributed by atoms with Gasteiger partial charge < -0.3 is 9.47 Å². The van der Waals surface area contributed by atoms with Gasteiger partial charge in [0.15, 0.2) is 0 Å². The molecule has 0 aliphatic carbocycles. The van der Waals surface area contributed by atoms with Crippen LogP contribution < -0.4 is 15.4 Å². The number of benzene rings is 2. The molecule has 0 amide bonds.